The van der Waals surface area contributed by atoms with Gasteiger partial charge < -0.3 is 10.3 Å². The summed E-state index contributed by atoms with van der Waals surface area (Å²) >= 11 is 0. The zero-order chi connectivity index (χ0) is 28.6. The topological polar surface area (TPSA) is 99.3 Å². The second-order valence-corrected chi connectivity index (χ2v) is 11.4. The summed E-state index contributed by atoms with van der Waals surface area (Å²) in [6.45, 7) is 2.03. The smallest absolute Gasteiger partial charge is 0.224 e. The van der Waals surface area contributed by atoms with E-state index in [1.165, 1.54) is 31.4 Å². The molecule has 1 fully saturated rings. The summed E-state index contributed by atoms with van der Waals surface area (Å²) in [7, 11) is 0. The molecule has 6 aromatic rings. The van der Waals surface area contributed by atoms with E-state index in [4.69, 9.17) is 0 Å². The van der Waals surface area contributed by atoms with Crippen molar-refractivity contribution in [2.24, 2.45) is 5.92 Å². The van der Waals surface area contributed by atoms with Crippen LogP contribution in [0.15, 0.2) is 73.2 Å². The van der Waals surface area contributed by atoms with E-state index >= 15 is 0 Å². The monoisotopic (exact) mass is 558 g/mol. The first-order valence-electron chi connectivity index (χ1n) is 14.5. The van der Waals surface area contributed by atoms with Crippen LogP contribution in [0.3, 0.4) is 0 Å². The molecule has 1 saturated carbocycles. The number of H-pyrrole nitrogens is 2. The van der Waals surface area contributed by atoms with E-state index in [1.54, 1.807) is 24.5 Å². The second-order valence-electron chi connectivity index (χ2n) is 11.4. The van der Waals surface area contributed by atoms with Crippen LogP contribution in [0.25, 0.3) is 55.6 Å². The number of rotatable bonds is 6. The second kappa shape index (κ2) is 10.9. The van der Waals surface area contributed by atoms with E-state index in [-0.39, 0.29) is 11.7 Å². The summed E-state index contributed by atoms with van der Waals surface area (Å²) in [5, 5.41) is 12.6. The molecule has 3 N–H and O–H groups in total. The lowest BCUT2D eigenvalue weighted by molar-refractivity contribution is -0.117. The predicted octanol–water partition coefficient (Wildman–Crippen LogP) is 8.19. The van der Waals surface area contributed by atoms with Crippen LogP contribution in [-0.2, 0) is 4.79 Å². The van der Waals surface area contributed by atoms with Gasteiger partial charge in [-0.2, -0.15) is 5.10 Å². The van der Waals surface area contributed by atoms with Gasteiger partial charge in [-0.25, -0.2) is 9.37 Å². The Morgan fingerprint density at radius 1 is 0.929 bits per heavy atom. The first-order valence-corrected chi connectivity index (χ1v) is 14.5. The number of hydrogen-bond acceptors (Lipinski definition) is 4. The van der Waals surface area contributed by atoms with Crippen LogP contribution in [0.4, 0.5) is 10.1 Å². The average Bonchev–Trinajstić information content (AvgIpc) is 3.61. The maximum atomic E-state index is 13.5. The summed E-state index contributed by atoms with van der Waals surface area (Å²) in [5.74, 6) is 0.294. The van der Waals surface area contributed by atoms with Crippen molar-refractivity contribution in [3.8, 4) is 33.6 Å². The number of benzene rings is 2. The molecule has 0 saturated heterocycles. The first kappa shape index (κ1) is 26.1. The molecule has 4 heterocycles. The molecule has 0 radical (unpaired) electrons. The summed E-state index contributed by atoms with van der Waals surface area (Å²) in [4.78, 5) is 25.3. The van der Waals surface area contributed by atoms with Crippen LogP contribution in [0.5, 0.6) is 0 Å². The van der Waals surface area contributed by atoms with Crippen LogP contribution in [-0.4, -0.2) is 31.1 Å². The van der Waals surface area contributed by atoms with Gasteiger partial charge in [0, 0.05) is 46.4 Å². The van der Waals surface area contributed by atoms with Crippen LogP contribution < -0.4 is 5.32 Å². The Labute approximate surface area is 242 Å². The normalized spacial score (nSPS) is 14.0. The highest BCUT2D eigenvalue weighted by Gasteiger charge is 2.18. The Balaban J connectivity index is 1.21. The molecular formula is C34H31FN6O. The minimum atomic E-state index is -0.275. The van der Waals surface area contributed by atoms with Crippen molar-refractivity contribution < 1.29 is 9.18 Å². The average molecular weight is 559 g/mol. The van der Waals surface area contributed by atoms with E-state index in [1.807, 2.05) is 25.3 Å². The van der Waals surface area contributed by atoms with E-state index in [0.717, 1.165) is 74.0 Å². The molecule has 42 heavy (non-hydrogen) atoms. The molecule has 0 unspecified atom stereocenters. The summed E-state index contributed by atoms with van der Waals surface area (Å²) in [5.41, 5.74) is 8.71. The van der Waals surface area contributed by atoms with Gasteiger partial charge in [0.25, 0.3) is 0 Å². The minimum Gasteiger partial charge on any atom is -0.352 e. The van der Waals surface area contributed by atoms with E-state index in [9.17, 15) is 9.18 Å². The molecule has 0 bridgehead atoms. The van der Waals surface area contributed by atoms with Gasteiger partial charge in [0.05, 0.1) is 23.1 Å². The highest BCUT2D eigenvalue weighted by Crippen LogP contribution is 2.35. The lowest BCUT2D eigenvalue weighted by Gasteiger charge is -2.21. The van der Waals surface area contributed by atoms with Crippen molar-refractivity contribution in [1.82, 2.24) is 25.1 Å². The van der Waals surface area contributed by atoms with Crippen molar-refractivity contribution >= 4 is 33.5 Å². The van der Waals surface area contributed by atoms with Crippen molar-refractivity contribution in [3.05, 3.63) is 84.6 Å². The third kappa shape index (κ3) is 5.16. The number of hydrogen-bond donors (Lipinski definition) is 3. The van der Waals surface area contributed by atoms with Crippen LogP contribution >= 0.6 is 0 Å². The number of halogens is 1. The third-order valence-electron chi connectivity index (χ3n) is 8.27. The largest absolute Gasteiger partial charge is 0.352 e. The third-order valence-corrected chi connectivity index (χ3v) is 8.27. The lowest BCUT2D eigenvalue weighted by atomic mass is 9.87. The fourth-order valence-electron chi connectivity index (χ4n) is 6.20. The molecule has 0 atom stereocenters. The first-order chi connectivity index (χ1) is 20.5. The quantitative estimate of drug-likeness (QED) is 0.192. The fraction of sp³-hybridized carbons (Fsp3) is 0.235. The molecule has 1 amide bonds. The molecule has 0 aliphatic heterocycles. The van der Waals surface area contributed by atoms with Gasteiger partial charge in [-0.3, -0.25) is 14.9 Å². The number of carbonyl (C=O) groups excluding carboxylic acids is 1. The lowest BCUT2D eigenvalue weighted by Crippen LogP contribution is -2.18. The van der Waals surface area contributed by atoms with Crippen molar-refractivity contribution in [3.63, 3.8) is 0 Å². The SMILES string of the molecule is Cc1cc(NC(=O)CC2CCCCC2)cc(-c2cnc3n[nH]c(-c4cc5c(-c6ccc(F)cc6)cncc5[nH]4)c3c2)c1. The summed E-state index contributed by atoms with van der Waals surface area (Å²) in [6.07, 6.45) is 12.0. The number of anilines is 1. The number of amides is 1. The number of pyridine rings is 2. The molecular weight excluding hydrogens is 527 g/mol. The number of aromatic nitrogens is 5. The highest BCUT2D eigenvalue weighted by molar-refractivity contribution is 6.00. The van der Waals surface area contributed by atoms with Gasteiger partial charge in [0.15, 0.2) is 5.65 Å². The van der Waals surface area contributed by atoms with Gasteiger partial charge in [-0.05, 0) is 78.8 Å². The fourth-order valence-corrected chi connectivity index (χ4v) is 6.20. The molecule has 7 nitrogen and oxygen atoms in total. The predicted molar refractivity (Wildman–Crippen MR) is 164 cm³/mol. The van der Waals surface area contributed by atoms with E-state index < -0.39 is 0 Å². The maximum Gasteiger partial charge on any atom is 0.224 e. The Kier molecular flexibility index (Phi) is 6.74. The van der Waals surface area contributed by atoms with Gasteiger partial charge >= 0.3 is 0 Å². The van der Waals surface area contributed by atoms with Crippen molar-refractivity contribution in [1.29, 1.82) is 0 Å². The number of fused-ring (bicyclic) bond motifs is 2. The van der Waals surface area contributed by atoms with E-state index in [0.29, 0.717) is 18.0 Å². The number of aromatic amines is 2. The van der Waals surface area contributed by atoms with Crippen LogP contribution in [0.1, 0.15) is 44.1 Å². The molecule has 1 aliphatic rings. The summed E-state index contributed by atoms with van der Waals surface area (Å²) in [6, 6.07) is 16.7. The molecule has 2 aromatic carbocycles. The Hall–Kier alpha value is -4.85. The van der Waals surface area contributed by atoms with Crippen LogP contribution in [0.2, 0.25) is 0 Å². The Bertz CT molecular complexity index is 1920. The Morgan fingerprint density at radius 3 is 2.60 bits per heavy atom. The van der Waals surface area contributed by atoms with Crippen molar-refractivity contribution in [2.45, 2.75) is 45.4 Å². The molecule has 7 rings (SSSR count). The molecule has 8 heteroatoms. The molecule has 1 aliphatic carbocycles. The molecule has 0 spiro atoms. The summed E-state index contributed by atoms with van der Waals surface area (Å²) < 4.78 is 13.5. The zero-order valence-corrected chi connectivity index (χ0v) is 23.4. The van der Waals surface area contributed by atoms with Crippen LogP contribution in [0, 0.1) is 18.7 Å². The number of nitrogens with one attached hydrogen (secondary N) is 3. The highest BCUT2D eigenvalue weighted by atomic mass is 19.1. The molecule has 4 aromatic heterocycles. The molecule has 210 valence electrons. The Morgan fingerprint density at radius 2 is 1.76 bits per heavy atom. The number of aryl methyl sites for hydroxylation is 1. The van der Waals surface area contributed by atoms with Gasteiger partial charge in [-0.15, -0.1) is 0 Å². The number of carbonyl (C=O) groups is 1. The maximum absolute atomic E-state index is 13.5. The standard InChI is InChI=1S/C34H31FN6O/c1-20-11-23(14-26(12-20)38-32(42)13-21-5-3-2-4-6-21)24-15-28-33(40-41-34(28)37-17-24)30-16-27-29(18-36-19-31(27)39-30)22-7-9-25(35)10-8-22/h7-12,14-19,21,39H,2-6,13H2,1H3,(H,38,42)(H,37,40,41). The number of nitrogens with zero attached hydrogens (tertiary/aromatic N) is 3. The van der Waals surface area contributed by atoms with Crippen molar-refractivity contribution in [2.75, 3.05) is 5.32 Å². The van der Waals surface area contributed by atoms with Gasteiger partial charge in [0.1, 0.15) is 5.82 Å². The van der Waals surface area contributed by atoms with E-state index in [2.05, 4.69) is 48.7 Å². The minimum absolute atomic E-state index is 0.0810. The zero-order valence-electron chi connectivity index (χ0n) is 23.4. The van der Waals surface area contributed by atoms with Gasteiger partial charge in [0.2, 0.25) is 5.91 Å². The van der Waals surface area contributed by atoms with Gasteiger partial charge in [-0.1, -0.05) is 37.5 Å².